The zero-order valence-electron chi connectivity index (χ0n) is 9.28. The molecule has 0 aliphatic carbocycles. The summed E-state index contributed by atoms with van der Waals surface area (Å²) in [6, 6.07) is 8.20. The Labute approximate surface area is 90.0 Å². The molecule has 0 fully saturated rings. The lowest BCUT2D eigenvalue weighted by molar-refractivity contribution is 1.15. The summed E-state index contributed by atoms with van der Waals surface area (Å²) < 4.78 is 0. The van der Waals surface area contributed by atoms with E-state index in [-0.39, 0.29) is 0 Å². The molecule has 0 aromatic carbocycles. The molecule has 0 radical (unpaired) electrons. The molecule has 76 valence electrons. The van der Waals surface area contributed by atoms with Crippen LogP contribution < -0.4 is 0 Å². The summed E-state index contributed by atoms with van der Waals surface area (Å²) in [5.74, 6) is 0. The smallest absolute Gasteiger partial charge is 0.0891 e. The number of rotatable bonds is 1. The second-order valence-corrected chi connectivity index (χ2v) is 3.89. The molecule has 0 amide bonds. The Bertz CT molecular complexity index is 452. The Hall–Kier alpha value is -1.70. The number of nitrogens with zero attached hydrogens (tertiary/aromatic N) is 2. The largest absolute Gasteiger partial charge is 0.254 e. The molecule has 2 heteroatoms. The second kappa shape index (κ2) is 3.81. The van der Waals surface area contributed by atoms with E-state index in [1.54, 1.807) is 0 Å². The lowest BCUT2D eigenvalue weighted by Gasteiger charge is -2.03. The standard InChI is InChI=1S/C13H14N2/c1-9-4-5-12(14-8-9)13-7-10(2)6-11(3)15-13/h4-8H,1-3H3. The topological polar surface area (TPSA) is 25.8 Å². The van der Waals surface area contributed by atoms with E-state index in [4.69, 9.17) is 0 Å². The van der Waals surface area contributed by atoms with Crippen molar-refractivity contribution in [2.24, 2.45) is 0 Å². The highest BCUT2D eigenvalue weighted by atomic mass is 14.8. The lowest BCUT2D eigenvalue weighted by atomic mass is 10.1. The fourth-order valence-electron chi connectivity index (χ4n) is 1.59. The van der Waals surface area contributed by atoms with E-state index in [2.05, 4.69) is 35.1 Å². The van der Waals surface area contributed by atoms with Gasteiger partial charge in [0.05, 0.1) is 11.4 Å². The third-order valence-corrected chi connectivity index (χ3v) is 2.27. The lowest BCUT2D eigenvalue weighted by Crippen LogP contribution is -1.91. The molecule has 2 nitrogen and oxygen atoms in total. The summed E-state index contributed by atoms with van der Waals surface area (Å²) in [5, 5.41) is 0. The van der Waals surface area contributed by atoms with Crippen LogP contribution in [0.3, 0.4) is 0 Å². The second-order valence-electron chi connectivity index (χ2n) is 3.89. The van der Waals surface area contributed by atoms with Gasteiger partial charge >= 0.3 is 0 Å². The SMILES string of the molecule is Cc1ccc(-c2cc(C)cc(C)n2)nc1. The minimum absolute atomic E-state index is 0.937. The summed E-state index contributed by atoms with van der Waals surface area (Å²) in [4.78, 5) is 8.84. The molecular formula is C13H14N2. The van der Waals surface area contributed by atoms with Crippen molar-refractivity contribution in [3.05, 3.63) is 47.3 Å². The van der Waals surface area contributed by atoms with Crippen molar-refractivity contribution in [2.45, 2.75) is 20.8 Å². The maximum atomic E-state index is 4.47. The van der Waals surface area contributed by atoms with E-state index >= 15 is 0 Å². The Kier molecular flexibility index (Phi) is 2.50. The minimum Gasteiger partial charge on any atom is -0.254 e. The van der Waals surface area contributed by atoms with Gasteiger partial charge in [0.25, 0.3) is 0 Å². The number of aromatic nitrogens is 2. The Morgan fingerprint density at radius 1 is 0.867 bits per heavy atom. The van der Waals surface area contributed by atoms with Crippen LogP contribution >= 0.6 is 0 Å². The van der Waals surface area contributed by atoms with Crippen molar-refractivity contribution < 1.29 is 0 Å². The fourth-order valence-corrected chi connectivity index (χ4v) is 1.59. The van der Waals surface area contributed by atoms with Gasteiger partial charge in [-0.15, -0.1) is 0 Å². The average molecular weight is 198 g/mol. The first kappa shape index (κ1) is 9.84. The molecular weight excluding hydrogens is 184 g/mol. The molecule has 0 spiro atoms. The van der Waals surface area contributed by atoms with Gasteiger partial charge in [0.15, 0.2) is 0 Å². The summed E-state index contributed by atoms with van der Waals surface area (Å²) in [6.07, 6.45) is 1.87. The van der Waals surface area contributed by atoms with Crippen molar-refractivity contribution in [3.8, 4) is 11.4 Å². The average Bonchev–Trinajstić information content (AvgIpc) is 2.17. The zero-order valence-corrected chi connectivity index (χ0v) is 9.28. The van der Waals surface area contributed by atoms with Gasteiger partial charge in [0.1, 0.15) is 0 Å². The summed E-state index contributed by atoms with van der Waals surface area (Å²) in [7, 11) is 0. The van der Waals surface area contributed by atoms with Crippen LogP contribution in [0.1, 0.15) is 16.8 Å². The van der Waals surface area contributed by atoms with Crippen LogP contribution in [0, 0.1) is 20.8 Å². The Balaban J connectivity index is 2.49. The van der Waals surface area contributed by atoms with Gasteiger partial charge in [-0.05, 0) is 50.1 Å². The highest BCUT2D eigenvalue weighted by Gasteiger charge is 2.01. The number of pyridine rings is 2. The zero-order chi connectivity index (χ0) is 10.8. The van der Waals surface area contributed by atoms with Gasteiger partial charge in [-0.2, -0.15) is 0 Å². The molecule has 2 rings (SSSR count). The summed E-state index contributed by atoms with van der Waals surface area (Å²) in [6.45, 7) is 6.11. The molecule has 0 bridgehead atoms. The van der Waals surface area contributed by atoms with Crippen LogP contribution in [0.2, 0.25) is 0 Å². The van der Waals surface area contributed by atoms with Crippen molar-refractivity contribution in [1.82, 2.24) is 9.97 Å². The van der Waals surface area contributed by atoms with Crippen LogP contribution in [0.5, 0.6) is 0 Å². The number of hydrogen-bond acceptors (Lipinski definition) is 2. The number of aryl methyl sites for hydroxylation is 3. The van der Waals surface area contributed by atoms with Gasteiger partial charge < -0.3 is 0 Å². The number of hydrogen-bond donors (Lipinski definition) is 0. The van der Waals surface area contributed by atoms with Crippen LogP contribution in [-0.2, 0) is 0 Å². The van der Waals surface area contributed by atoms with E-state index in [1.807, 2.05) is 26.1 Å². The quantitative estimate of drug-likeness (QED) is 0.703. The minimum atomic E-state index is 0.937. The third kappa shape index (κ3) is 2.21. The molecule has 0 aliphatic heterocycles. The Morgan fingerprint density at radius 3 is 2.27 bits per heavy atom. The van der Waals surface area contributed by atoms with Gasteiger partial charge in [-0.3, -0.25) is 9.97 Å². The van der Waals surface area contributed by atoms with Crippen LogP contribution in [0.15, 0.2) is 30.5 Å². The third-order valence-electron chi connectivity index (χ3n) is 2.27. The maximum absolute atomic E-state index is 4.47. The van der Waals surface area contributed by atoms with E-state index in [9.17, 15) is 0 Å². The van der Waals surface area contributed by atoms with E-state index in [1.165, 1.54) is 11.1 Å². The molecule has 2 heterocycles. The van der Waals surface area contributed by atoms with E-state index in [0.29, 0.717) is 0 Å². The predicted molar refractivity (Wildman–Crippen MR) is 61.7 cm³/mol. The highest BCUT2D eigenvalue weighted by Crippen LogP contribution is 2.16. The van der Waals surface area contributed by atoms with E-state index < -0.39 is 0 Å². The van der Waals surface area contributed by atoms with Gasteiger partial charge in [-0.25, -0.2) is 0 Å². The van der Waals surface area contributed by atoms with Crippen LogP contribution in [0.25, 0.3) is 11.4 Å². The fraction of sp³-hybridized carbons (Fsp3) is 0.231. The maximum Gasteiger partial charge on any atom is 0.0891 e. The molecule has 0 atom stereocenters. The predicted octanol–water partition coefficient (Wildman–Crippen LogP) is 3.07. The molecule has 0 N–H and O–H groups in total. The van der Waals surface area contributed by atoms with E-state index in [0.717, 1.165) is 17.1 Å². The first-order valence-corrected chi connectivity index (χ1v) is 5.03. The van der Waals surface area contributed by atoms with Crippen molar-refractivity contribution >= 4 is 0 Å². The van der Waals surface area contributed by atoms with Crippen molar-refractivity contribution in [1.29, 1.82) is 0 Å². The molecule has 15 heavy (non-hydrogen) atoms. The summed E-state index contributed by atoms with van der Waals surface area (Å²) >= 11 is 0. The molecule has 0 unspecified atom stereocenters. The molecule has 0 saturated heterocycles. The molecule has 2 aromatic rings. The summed E-state index contributed by atoms with van der Waals surface area (Å²) in [5.41, 5.74) is 5.32. The van der Waals surface area contributed by atoms with Crippen molar-refractivity contribution in [3.63, 3.8) is 0 Å². The van der Waals surface area contributed by atoms with Gasteiger partial charge in [0, 0.05) is 11.9 Å². The monoisotopic (exact) mass is 198 g/mol. The molecule has 0 aliphatic rings. The first-order valence-electron chi connectivity index (χ1n) is 5.03. The van der Waals surface area contributed by atoms with Crippen LogP contribution in [-0.4, -0.2) is 9.97 Å². The molecule has 2 aromatic heterocycles. The van der Waals surface area contributed by atoms with Crippen LogP contribution in [0.4, 0.5) is 0 Å². The first-order chi connectivity index (χ1) is 7.15. The van der Waals surface area contributed by atoms with Gasteiger partial charge in [0.2, 0.25) is 0 Å². The van der Waals surface area contributed by atoms with Gasteiger partial charge in [-0.1, -0.05) is 6.07 Å². The highest BCUT2D eigenvalue weighted by molar-refractivity contribution is 5.55. The van der Waals surface area contributed by atoms with Crippen molar-refractivity contribution in [2.75, 3.05) is 0 Å². The Morgan fingerprint density at radius 2 is 1.67 bits per heavy atom. The normalized spacial score (nSPS) is 10.3. The molecule has 0 saturated carbocycles.